The Hall–Kier alpha value is -1.35. The fourth-order valence-corrected chi connectivity index (χ4v) is 1.70. The van der Waals surface area contributed by atoms with Crippen molar-refractivity contribution in [2.75, 3.05) is 5.32 Å². The minimum Gasteiger partial charge on any atom is -0.326 e. The monoisotopic (exact) mass is 262 g/mol. The van der Waals surface area contributed by atoms with Gasteiger partial charge in [-0.3, -0.25) is 4.79 Å². The van der Waals surface area contributed by atoms with E-state index in [0.717, 1.165) is 18.7 Å². The lowest BCUT2D eigenvalue weighted by Crippen LogP contribution is -2.21. The molecule has 0 fully saturated rings. The van der Waals surface area contributed by atoms with E-state index in [1.165, 1.54) is 5.56 Å². The fourth-order valence-electron chi connectivity index (χ4n) is 1.70. The van der Waals surface area contributed by atoms with Crippen molar-refractivity contribution >= 4 is 11.6 Å². The van der Waals surface area contributed by atoms with E-state index in [0.29, 0.717) is 18.4 Å². The van der Waals surface area contributed by atoms with Gasteiger partial charge in [-0.2, -0.15) is 0 Å². The molecule has 0 bridgehead atoms. The van der Waals surface area contributed by atoms with E-state index in [-0.39, 0.29) is 5.91 Å². The molecule has 2 N–H and O–H groups in total. The Bertz CT molecular complexity index is 384. The van der Waals surface area contributed by atoms with Crippen LogP contribution in [0.25, 0.3) is 0 Å². The maximum absolute atomic E-state index is 11.8. The minimum absolute atomic E-state index is 0.0994. The van der Waals surface area contributed by atoms with Crippen molar-refractivity contribution in [3.63, 3.8) is 0 Å². The van der Waals surface area contributed by atoms with Crippen LogP contribution in [0.4, 0.5) is 5.69 Å². The number of carbonyl (C=O) groups excluding carboxylic acids is 1. The molecule has 0 aliphatic heterocycles. The molecule has 0 aliphatic carbocycles. The number of rotatable bonds is 7. The van der Waals surface area contributed by atoms with E-state index >= 15 is 0 Å². The molecule has 0 saturated heterocycles. The largest absolute Gasteiger partial charge is 0.326 e. The summed E-state index contributed by atoms with van der Waals surface area (Å²) in [6, 6.07) is 8.51. The van der Waals surface area contributed by atoms with Gasteiger partial charge in [-0.1, -0.05) is 46.2 Å². The number of amides is 1. The second kappa shape index (κ2) is 7.95. The lowest BCUT2D eigenvalue weighted by atomic mass is 10.0. The average Bonchev–Trinajstić information content (AvgIpc) is 2.37. The second-order valence-electron chi connectivity index (χ2n) is 5.50. The van der Waals surface area contributed by atoms with Crippen molar-refractivity contribution in [2.24, 2.45) is 5.92 Å². The molecule has 1 unspecified atom stereocenters. The van der Waals surface area contributed by atoms with Crippen molar-refractivity contribution in [2.45, 2.75) is 53.1 Å². The third-order valence-electron chi connectivity index (χ3n) is 3.18. The zero-order valence-corrected chi connectivity index (χ0v) is 12.5. The molecule has 0 aliphatic rings. The number of hydrogen-bond acceptors (Lipinski definition) is 2. The van der Waals surface area contributed by atoms with Crippen LogP contribution in [-0.4, -0.2) is 11.9 Å². The first kappa shape index (κ1) is 15.7. The third kappa shape index (κ3) is 6.39. The first-order valence-corrected chi connectivity index (χ1v) is 7.13. The van der Waals surface area contributed by atoms with Gasteiger partial charge in [-0.15, -0.1) is 0 Å². The van der Waals surface area contributed by atoms with E-state index in [9.17, 15) is 4.79 Å². The van der Waals surface area contributed by atoms with E-state index in [1.807, 2.05) is 24.3 Å². The quantitative estimate of drug-likeness (QED) is 0.789. The van der Waals surface area contributed by atoms with Gasteiger partial charge in [0, 0.05) is 24.7 Å². The molecule has 1 aromatic carbocycles. The molecule has 0 aromatic heterocycles. The van der Waals surface area contributed by atoms with Crippen LogP contribution in [0.15, 0.2) is 24.3 Å². The standard InChI is InChI=1S/C16H26N2O/c1-5-13(4)10-16(19)18-15-8-6-14(7-9-15)11-17-12(2)3/h6-9,12-13,17H,5,10-11H2,1-4H3,(H,18,19). The average molecular weight is 262 g/mol. The highest BCUT2D eigenvalue weighted by Gasteiger charge is 2.07. The Labute approximate surface area is 116 Å². The van der Waals surface area contributed by atoms with E-state index < -0.39 is 0 Å². The van der Waals surface area contributed by atoms with E-state index in [2.05, 4.69) is 38.3 Å². The lowest BCUT2D eigenvalue weighted by molar-refractivity contribution is -0.117. The summed E-state index contributed by atoms with van der Waals surface area (Å²) in [5.74, 6) is 0.539. The third-order valence-corrected chi connectivity index (χ3v) is 3.18. The highest BCUT2D eigenvalue weighted by atomic mass is 16.1. The van der Waals surface area contributed by atoms with Crippen molar-refractivity contribution in [3.8, 4) is 0 Å². The van der Waals surface area contributed by atoms with Crippen molar-refractivity contribution in [1.82, 2.24) is 5.32 Å². The SMILES string of the molecule is CCC(C)CC(=O)Nc1ccc(CNC(C)C)cc1. The molecule has 1 rings (SSSR count). The van der Waals surface area contributed by atoms with Crippen LogP contribution < -0.4 is 10.6 Å². The van der Waals surface area contributed by atoms with Crippen molar-refractivity contribution in [3.05, 3.63) is 29.8 Å². The summed E-state index contributed by atoms with van der Waals surface area (Å²) in [6.07, 6.45) is 1.63. The predicted octanol–water partition coefficient (Wildman–Crippen LogP) is 3.56. The summed E-state index contributed by atoms with van der Waals surface area (Å²) in [5, 5.41) is 6.31. The molecule has 3 heteroatoms. The Kier molecular flexibility index (Phi) is 6.57. The Morgan fingerprint density at radius 2 is 1.79 bits per heavy atom. The molecular weight excluding hydrogens is 236 g/mol. The highest BCUT2D eigenvalue weighted by molar-refractivity contribution is 5.90. The maximum Gasteiger partial charge on any atom is 0.224 e. The molecule has 1 aromatic rings. The molecule has 1 amide bonds. The number of benzene rings is 1. The Morgan fingerprint density at radius 3 is 2.32 bits per heavy atom. The second-order valence-corrected chi connectivity index (χ2v) is 5.50. The molecule has 0 saturated carbocycles. The summed E-state index contributed by atoms with van der Waals surface area (Å²) < 4.78 is 0. The topological polar surface area (TPSA) is 41.1 Å². The molecule has 0 spiro atoms. The van der Waals surface area contributed by atoms with E-state index in [4.69, 9.17) is 0 Å². The Balaban J connectivity index is 2.45. The normalized spacial score (nSPS) is 12.5. The van der Waals surface area contributed by atoms with Crippen LogP contribution in [0.3, 0.4) is 0 Å². The molecular formula is C16H26N2O. The zero-order valence-electron chi connectivity index (χ0n) is 12.5. The van der Waals surface area contributed by atoms with Crippen LogP contribution in [-0.2, 0) is 11.3 Å². The molecule has 0 heterocycles. The zero-order chi connectivity index (χ0) is 14.3. The van der Waals surface area contributed by atoms with Gasteiger partial charge in [-0.25, -0.2) is 0 Å². The molecule has 106 valence electrons. The van der Waals surface area contributed by atoms with Gasteiger partial charge in [0.1, 0.15) is 0 Å². The number of anilines is 1. The first-order valence-electron chi connectivity index (χ1n) is 7.13. The van der Waals surface area contributed by atoms with Gasteiger partial charge >= 0.3 is 0 Å². The highest BCUT2D eigenvalue weighted by Crippen LogP contribution is 2.12. The number of nitrogens with one attached hydrogen (secondary N) is 2. The molecule has 1 atom stereocenters. The van der Waals surface area contributed by atoms with Crippen LogP contribution in [0, 0.1) is 5.92 Å². The molecule has 3 nitrogen and oxygen atoms in total. The van der Waals surface area contributed by atoms with Crippen LogP contribution in [0.5, 0.6) is 0 Å². The van der Waals surface area contributed by atoms with Gasteiger partial charge in [0.25, 0.3) is 0 Å². The van der Waals surface area contributed by atoms with Crippen LogP contribution in [0.1, 0.15) is 46.1 Å². The summed E-state index contributed by atoms with van der Waals surface area (Å²) in [6.45, 7) is 9.32. The summed E-state index contributed by atoms with van der Waals surface area (Å²) in [4.78, 5) is 11.8. The van der Waals surface area contributed by atoms with Crippen molar-refractivity contribution in [1.29, 1.82) is 0 Å². The fraction of sp³-hybridized carbons (Fsp3) is 0.562. The summed E-state index contributed by atoms with van der Waals surface area (Å²) in [7, 11) is 0. The van der Waals surface area contributed by atoms with Gasteiger partial charge in [-0.05, 0) is 23.6 Å². The van der Waals surface area contributed by atoms with E-state index in [1.54, 1.807) is 0 Å². The lowest BCUT2D eigenvalue weighted by Gasteiger charge is -2.11. The van der Waals surface area contributed by atoms with Gasteiger partial charge < -0.3 is 10.6 Å². The first-order chi connectivity index (χ1) is 9.01. The van der Waals surface area contributed by atoms with Gasteiger partial charge in [0.05, 0.1) is 0 Å². The van der Waals surface area contributed by atoms with Gasteiger partial charge in [0.15, 0.2) is 0 Å². The summed E-state index contributed by atoms with van der Waals surface area (Å²) in [5.41, 5.74) is 2.11. The van der Waals surface area contributed by atoms with Gasteiger partial charge in [0.2, 0.25) is 5.91 Å². The number of hydrogen-bond donors (Lipinski definition) is 2. The van der Waals surface area contributed by atoms with Crippen molar-refractivity contribution < 1.29 is 4.79 Å². The minimum atomic E-state index is 0.0994. The Morgan fingerprint density at radius 1 is 1.16 bits per heavy atom. The summed E-state index contributed by atoms with van der Waals surface area (Å²) >= 11 is 0. The van der Waals surface area contributed by atoms with Crippen LogP contribution in [0.2, 0.25) is 0 Å². The number of carbonyl (C=O) groups is 1. The molecule has 19 heavy (non-hydrogen) atoms. The maximum atomic E-state index is 11.8. The predicted molar refractivity (Wildman–Crippen MR) is 81.1 cm³/mol. The van der Waals surface area contributed by atoms with Crippen LogP contribution >= 0.6 is 0 Å². The smallest absolute Gasteiger partial charge is 0.224 e. The molecule has 0 radical (unpaired) electrons.